The van der Waals surface area contributed by atoms with Gasteiger partial charge in [-0.1, -0.05) is 15.9 Å². The first-order valence-electron chi connectivity index (χ1n) is 5.26. The van der Waals surface area contributed by atoms with Gasteiger partial charge in [0.2, 0.25) is 5.91 Å². The fraction of sp³-hybridized carbons (Fsp3) is 0.364. The van der Waals surface area contributed by atoms with Crippen molar-refractivity contribution in [1.29, 1.82) is 0 Å². The van der Waals surface area contributed by atoms with Crippen molar-refractivity contribution in [2.45, 2.75) is 6.42 Å². The van der Waals surface area contributed by atoms with Crippen molar-refractivity contribution < 1.29 is 4.79 Å². The number of halogens is 1. The molecule has 86 valence electrons. The average molecular weight is 284 g/mol. The van der Waals surface area contributed by atoms with Crippen LogP contribution in [-0.4, -0.2) is 25.5 Å². The Bertz CT molecular complexity index is 408. The molecule has 0 unspecified atom stereocenters. The van der Waals surface area contributed by atoms with Crippen molar-refractivity contribution in [3.05, 3.63) is 22.7 Å². The first-order chi connectivity index (χ1) is 7.72. The molecule has 3 N–H and O–H groups in total. The fourth-order valence-corrected chi connectivity index (χ4v) is 2.12. The van der Waals surface area contributed by atoms with Gasteiger partial charge >= 0.3 is 0 Å². The summed E-state index contributed by atoms with van der Waals surface area (Å²) in [5.74, 6) is 0.0963. The lowest BCUT2D eigenvalue weighted by Crippen LogP contribution is -2.41. The summed E-state index contributed by atoms with van der Waals surface area (Å²) in [7, 11) is 0. The molecule has 4 nitrogen and oxygen atoms in total. The van der Waals surface area contributed by atoms with E-state index in [2.05, 4.69) is 21.2 Å². The maximum atomic E-state index is 11.8. The van der Waals surface area contributed by atoms with E-state index in [1.54, 1.807) is 4.90 Å². The topological polar surface area (TPSA) is 58.4 Å². The molecule has 0 fully saturated rings. The van der Waals surface area contributed by atoms with E-state index in [4.69, 9.17) is 5.73 Å². The van der Waals surface area contributed by atoms with Crippen LogP contribution in [0.15, 0.2) is 22.7 Å². The Morgan fingerprint density at radius 2 is 2.31 bits per heavy atom. The van der Waals surface area contributed by atoms with E-state index in [0.717, 1.165) is 22.3 Å². The van der Waals surface area contributed by atoms with Gasteiger partial charge in [-0.3, -0.25) is 4.79 Å². The van der Waals surface area contributed by atoms with E-state index >= 15 is 0 Å². The Kier molecular flexibility index (Phi) is 3.46. The third-order valence-corrected chi connectivity index (χ3v) is 3.06. The maximum Gasteiger partial charge on any atom is 0.246 e. The molecule has 0 saturated heterocycles. The molecular formula is C11H14BrN3O. The van der Waals surface area contributed by atoms with Gasteiger partial charge in [-0.15, -0.1) is 0 Å². The molecule has 1 aromatic rings. The summed E-state index contributed by atoms with van der Waals surface area (Å²) in [5, 5.41) is 3.10. The monoisotopic (exact) mass is 283 g/mol. The van der Waals surface area contributed by atoms with E-state index < -0.39 is 0 Å². The minimum absolute atomic E-state index is 0.0963. The Morgan fingerprint density at radius 3 is 3.06 bits per heavy atom. The lowest BCUT2D eigenvalue weighted by atomic mass is 10.2. The van der Waals surface area contributed by atoms with Crippen LogP contribution in [0.5, 0.6) is 0 Å². The predicted molar refractivity (Wildman–Crippen MR) is 68.7 cm³/mol. The first kappa shape index (κ1) is 11.4. The Morgan fingerprint density at radius 1 is 1.50 bits per heavy atom. The highest BCUT2D eigenvalue weighted by atomic mass is 79.9. The Balaban J connectivity index is 2.31. The van der Waals surface area contributed by atoms with Gasteiger partial charge < -0.3 is 16.0 Å². The molecule has 0 spiro atoms. The number of nitrogens with zero attached hydrogens (tertiary/aromatic N) is 1. The molecule has 5 heteroatoms. The number of amides is 1. The summed E-state index contributed by atoms with van der Waals surface area (Å²) in [5.41, 5.74) is 7.41. The summed E-state index contributed by atoms with van der Waals surface area (Å²) in [6.07, 6.45) is 0.817. The van der Waals surface area contributed by atoms with Crippen molar-refractivity contribution in [2.24, 2.45) is 5.73 Å². The van der Waals surface area contributed by atoms with Gasteiger partial charge in [0.05, 0.1) is 17.9 Å². The van der Waals surface area contributed by atoms with E-state index in [9.17, 15) is 4.79 Å². The van der Waals surface area contributed by atoms with Crippen molar-refractivity contribution >= 4 is 33.2 Å². The number of fused-ring (bicyclic) bond motifs is 1. The van der Waals surface area contributed by atoms with Crippen LogP contribution < -0.4 is 16.0 Å². The van der Waals surface area contributed by atoms with E-state index in [1.807, 2.05) is 18.2 Å². The second-order valence-electron chi connectivity index (χ2n) is 3.70. The molecule has 0 atom stereocenters. The van der Waals surface area contributed by atoms with Crippen molar-refractivity contribution in [3.63, 3.8) is 0 Å². The quantitative estimate of drug-likeness (QED) is 0.885. The summed E-state index contributed by atoms with van der Waals surface area (Å²) >= 11 is 3.42. The van der Waals surface area contributed by atoms with Gasteiger partial charge in [-0.05, 0) is 31.2 Å². The van der Waals surface area contributed by atoms with E-state index in [0.29, 0.717) is 19.6 Å². The van der Waals surface area contributed by atoms with Crippen LogP contribution in [-0.2, 0) is 4.79 Å². The number of rotatable bonds is 3. The fourth-order valence-electron chi connectivity index (χ4n) is 1.77. The lowest BCUT2D eigenvalue weighted by Gasteiger charge is -2.30. The number of nitrogens with one attached hydrogen (secondary N) is 1. The van der Waals surface area contributed by atoms with Crippen LogP contribution in [0, 0.1) is 0 Å². The molecule has 1 aliphatic rings. The van der Waals surface area contributed by atoms with Crippen molar-refractivity contribution in [3.8, 4) is 0 Å². The summed E-state index contributed by atoms with van der Waals surface area (Å²) in [6, 6.07) is 5.89. The van der Waals surface area contributed by atoms with Crippen LogP contribution >= 0.6 is 15.9 Å². The van der Waals surface area contributed by atoms with Gasteiger partial charge in [0.1, 0.15) is 0 Å². The van der Waals surface area contributed by atoms with Gasteiger partial charge in [-0.25, -0.2) is 0 Å². The number of nitrogens with two attached hydrogens (primary N) is 1. The standard InChI is InChI=1S/C11H14BrN3O/c12-8-2-3-9-10(6-8)15(5-1-4-13)11(16)7-14-9/h2-3,6,14H,1,4-5,7,13H2. The third kappa shape index (κ3) is 2.20. The molecule has 0 aliphatic carbocycles. The third-order valence-electron chi connectivity index (χ3n) is 2.57. The number of carbonyl (C=O) groups excluding carboxylic acids is 1. The summed E-state index contributed by atoms with van der Waals surface area (Å²) in [6.45, 7) is 1.64. The normalized spacial score (nSPS) is 14.6. The Labute approximate surface area is 103 Å². The second-order valence-corrected chi connectivity index (χ2v) is 4.62. The van der Waals surface area contributed by atoms with Crippen molar-refractivity contribution in [1.82, 2.24) is 0 Å². The summed E-state index contributed by atoms with van der Waals surface area (Å²) < 4.78 is 0.973. The molecule has 1 aliphatic heterocycles. The number of anilines is 2. The lowest BCUT2D eigenvalue weighted by molar-refractivity contribution is -0.117. The van der Waals surface area contributed by atoms with E-state index in [1.165, 1.54) is 0 Å². The average Bonchev–Trinajstić information content (AvgIpc) is 2.28. The highest BCUT2D eigenvalue weighted by molar-refractivity contribution is 9.10. The van der Waals surface area contributed by atoms with Crippen LogP contribution in [0.3, 0.4) is 0 Å². The first-order valence-corrected chi connectivity index (χ1v) is 6.05. The molecule has 0 saturated carbocycles. The van der Waals surface area contributed by atoms with E-state index in [-0.39, 0.29) is 5.91 Å². The molecule has 0 aromatic heterocycles. The second kappa shape index (κ2) is 4.84. The zero-order valence-corrected chi connectivity index (χ0v) is 10.5. The minimum Gasteiger partial charge on any atom is -0.374 e. The molecule has 0 bridgehead atoms. The number of hydrogen-bond acceptors (Lipinski definition) is 3. The number of carbonyl (C=O) groups is 1. The minimum atomic E-state index is 0.0963. The van der Waals surface area contributed by atoms with Crippen molar-refractivity contribution in [2.75, 3.05) is 29.9 Å². The zero-order valence-electron chi connectivity index (χ0n) is 8.87. The zero-order chi connectivity index (χ0) is 11.5. The van der Waals surface area contributed by atoms with Crippen LogP contribution in [0.2, 0.25) is 0 Å². The van der Waals surface area contributed by atoms with Crippen LogP contribution in [0.25, 0.3) is 0 Å². The summed E-state index contributed by atoms with van der Waals surface area (Å²) in [4.78, 5) is 13.6. The largest absolute Gasteiger partial charge is 0.374 e. The van der Waals surface area contributed by atoms with Gasteiger partial charge in [0, 0.05) is 11.0 Å². The molecule has 1 heterocycles. The molecule has 1 aromatic carbocycles. The van der Waals surface area contributed by atoms with Gasteiger partial charge in [-0.2, -0.15) is 0 Å². The number of hydrogen-bond donors (Lipinski definition) is 2. The highest BCUT2D eigenvalue weighted by Crippen LogP contribution is 2.32. The van der Waals surface area contributed by atoms with Gasteiger partial charge in [0.15, 0.2) is 0 Å². The molecule has 2 rings (SSSR count). The maximum absolute atomic E-state index is 11.8. The molecule has 16 heavy (non-hydrogen) atoms. The molecular weight excluding hydrogens is 270 g/mol. The highest BCUT2D eigenvalue weighted by Gasteiger charge is 2.23. The predicted octanol–water partition coefficient (Wildman–Crippen LogP) is 1.56. The molecule has 0 radical (unpaired) electrons. The smallest absolute Gasteiger partial charge is 0.246 e. The van der Waals surface area contributed by atoms with Crippen LogP contribution in [0.4, 0.5) is 11.4 Å². The molecule has 1 amide bonds. The number of benzene rings is 1. The Hall–Kier alpha value is -1.07. The van der Waals surface area contributed by atoms with Crippen LogP contribution in [0.1, 0.15) is 6.42 Å². The SMILES string of the molecule is NCCCN1C(=O)CNc2ccc(Br)cc21. The van der Waals surface area contributed by atoms with Gasteiger partial charge in [0.25, 0.3) is 0 Å².